The molecular weight excluding hydrogens is 544 g/mol. The highest BCUT2D eigenvalue weighted by atomic mass is 15.0. The average molecular weight is 575 g/mol. The molecule has 0 amide bonds. The van der Waals surface area contributed by atoms with Crippen molar-refractivity contribution in [1.29, 1.82) is 0 Å². The van der Waals surface area contributed by atoms with Crippen LogP contribution in [0.4, 0.5) is 5.69 Å². The summed E-state index contributed by atoms with van der Waals surface area (Å²) in [6.07, 6.45) is 0. The first-order valence-electron chi connectivity index (χ1n) is 15.5. The summed E-state index contributed by atoms with van der Waals surface area (Å²) in [7, 11) is 0. The molecule has 8 aromatic rings. The van der Waals surface area contributed by atoms with Gasteiger partial charge in [-0.3, -0.25) is 0 Å². The fourth-order valence-corrected chi connectivity index (χ4v) is 7.20. The van der Waals surface area contributed by atoms with Gasteiger partial charge in [0.15, 0.2) is 5.69 Å². The molecule has 1 aromatic heterocycles. The molecule has 0 atom stereocenters. The Kier molecular flexibility index (Phi) is 5.26. The molecule has 1 aliphatic carbocycles. The zero-order chi connectivity index (χ0) is 30.4. The molecule has 0 saturated heterocycles. The molecule has 0 bridgehead atoms. The van der Waals surface area contributed by atoms with Crippen molar-refractivity contribution in [1.82, 2.24) is 4.57 Å². The van der Waals surface area contributed by atoms with Crippen molar-refractivity contribution in [3.8, 4) is 39.1 Å². The molecule has 45 heavy (non-hydrogen) atoms. The van der Waals surface area contributed by atoms with E-state index in [2.05, 4.69) is 145 Å². The highest BCUT2D eigenvalue weighted by Gasteiger charge is 2.24. The van der Waals surface area contributed by atoms with Crippen LogP contribution in [0.5, 0.6) is 0 Å². The number of fused-ring (bicyclic) bond motifs is 9. The number of aromatic nitrogens is 1. The summed E-state index contributed by atoms with van der Waals surface area (Å²) >= 11 is 0. The van der Waals surface area contributed by atoms with Gasteiger partial charge in [-0.25, -0.2) is 4.85 Å². The van der Waals surface area contributed by atoms with Crippen LogP contribution in [-0.2, 0) is 5.41 Å². The second-order valence-electron chi connectivity index (χ2n) is 13.4. The standard InChI is InChI=1S/C43H30N2/c1-43(2,3)32-14-11-26(12-15-32)27-9-10-28-21-36-37-22-29-13-17-34(20-31(29)24-39(37)38(36)23-30(28)19-27)45-41-8-6-5-7-35(41)40-25-33(44-4)16-18-42(40)45/h5-25H,1-3H3. The third-order valence-electron chi connectivity index (χ3n) is 9.64. The van der Waals surface area contributed by atoms with E-state index in [-0.39, 0.29) is 5.41 Å². The number of benzene rings is 7. The van der Waals surface area contributed by atoms with Crippen LogP contribution >= 0.6 is 0 Å². The summed E-state index contributed by atoms with van der Waals surface area (Å²) in [6.45, 7) is 14.3. The van der Waals surface area contributed by atoms with Crippen molar-refractivity contribution in [2.45, 2.75) is 26.2 Å². The van der Waals surface area contributed by atoms with Gasteiger partial charge in [-0.05, 0) is 132 Å². The topological polar surface area (TPSA) is 9.29 Å². The van der Waals surface area contributed by atoms with Crippen LogP contribution in [0.2, 0.25) is 0 Å². The Labute approximate surface area is 262 Å². The molecule has 2 heteroatoms. The van der Waals surface area contributed by atoms with Crippen molar-refractivity contribution < 1.29 is 0 Å². The number of nitrogens with zero attached hydrogens (tertiary/aromatic N) is 2. The first kappa shape index (κ1) is 25.8. The first-order valence-corrected chi connectivity index (χ1v) is 15.5. The second-order valence-corrected chi connectivity index (χ2v) is 13.4. The lowest BCUT2D eigenvalue weighted by Crippen LogP contribution is -2.10. The van der Waals surface area contributed by atoms with Gasteiger partial charge < -0.3 is 4.57 Å². The van der Waals surface area contributed by atoms with Crippen LogP contribution in [-0.4, -0.2) is 4.57 Å². The highest BCUT2D eigenvalue weighted by molar-refractivity contribution is 6.13. The van der Waals surface area contributed by atoms with Crippen LogP contribution in [0.1, 0.15) is 26.3 Å². The minimum absolute atomic E-state index is 0.148. The summed E-state index contributed by atoms with van der Waals surface area (Å²) in [5, 5.41) is 7.30. The Bertz CT molecular complexity index is 2570. The molecule has 0 spiro atoms. The summed E-state index contributed by atoms with van der Waals surface area (Å²) in [4.78, 5) is 3.68. The third kappa shape index (κ3) is 3.88. The van der Waals surface area contributed by atoms with Gasteiger partial charge in [0, 0.05) is 11.1 Å². The largest absolute Gasteiger partial charge is 0.309 e. The van der Waals surface area contributed by atoms with E-state index < -0.39 is 0 Å². The number of rotatable bonds is 2. The Hall–Kier alpha value is -5.65. The van der Waals surface area contributed by atoms with Crippen LogP contribution < -0.4 is 0 Å². The first-order chi connectivity index (χ1) is 21.9. The molecule has 212 valence electrons. The normalized spacial score (nSPS) is 12.3. The van der Waals surface area contributed by atoms with E-state index in [0.29, 0.717) is 5.69 Å². The predicted molar refractivity (Wildman–Crippen MR) is 191 cm³/mol. The van der Waals surface area contributed by atoms with Crippen molar-refractivity contribution >= 4 is 49.0 Å². The predicted octanol–water partition coefficient (Wildman–Crippen LogP) is 12.3. The highest BCUT2D eigenvalue weighted by Crippen LogP contribution is 2.50. The molecular formula is C43H30N2. The molecule has 0 unspecified atom stereocenters. The van der Waals surface area contributed by atoms with Gasteiger partial charge in [0.05, 0.1) is 17.6 Å². The summed E-state index contributed by atoms with van der Waals surface area (Å²) in [6, 6.07) is 46.6. The Balaban J connectivity index is 1.14. The van der Waals surface area contributed by atoms with Gasteiger partial charge in [0.25, 0.3) is 0 Å². The SMILES string of the molecule is [C-]#[N+]c1ccc2c(c1)c1ccccc1n2-c1ccc2cc3c(cc2c1)-c1cc2cc(-c4ccc(C(C)(C)C)cc4)ccc2cc1-3. The maximum atomic E-state index is 7.52. The van der Waals surface area contributed by atoms with Crippen molar-refractivity contribution in [2.24, 2.45) is 0 Å². The van der Waals surface area contributed by atoms with E-state index in [1.54, 1.807) is 0 Å². The quantitative estimate of drug-likeness (QED) is 0.182. The van der Waals surface area contributed by atoms with E-state index in [9.17, 15) is 0 Å². The van der Waals surface area contributed by atoms with Gasteiger partial charge in [-0.1, -0.05) is 87.5 Å². The van der Waals surface area contributed by atoms with Crippen molar-refractivity contribution in [3.63, 3.8) is 0 Å². The molecule has 0 aliphatic heterocycles. The maximum Gasteiger partial charge on any atom is 0.188 e. The van der Waals surface area contributed by atoms with E-state index in [1.807, 2.05) is 12.1 Å². The van der Waals surface area contributed by atoms with Crippen LogP contribution in [0.3, 0.4) is 0 Å². The average Bonchev–Trinajstić information content (AvgIpc) is 3.39. The molecule has 2 nitrogen and oxygen atoms in total. The van der Waals surface area contributed by atoms with Gasteiger partial charge in [0.1, 0.15) is 0 Å². The van der Waals surface area contributed by atoms with E-state index >= 15 is 0 Å². The Morgan fingerprint density at radius 2 is 1.11 bits per heavy atom. The van der Waals surface area contributed by atoms with Crippen molar-refractivity contribution in [2.75, 3.05) is 0 Å². The van der Waals surface area contributed by atoms with E-state index in [1.165, 1.54) is 65.9 Å². The number of para-hydroxylation sites is 1. The second kappa shape index (κ2) is 9.18. The number of hydrogen-bond acceptors (Lipinski definition) is 0. The summed E-state index contributed by atoms with van der Waals surface area (Å²) in [5.41, 5.74) is 13.4. The zero-order valence-corrected chi connectivity index (χ0v) is 25.5. The van der Waals surface area contributed by atoms with Gasteiger partial charge in [0.2, 0.25) is 0 Å². The number of hydrogen-bond donors (Lipinski definition) is 0. The molecule has 0 N–H and O–H groups in total. The zero-order valence-electron chi connectivity index (χ0n) is 25.5. The van der Waals surface area contributed by atoms with E-state index in [4.69, 9.17) is 6.57 Å². The third-order valence-corrected chi connectivity index (χ3v) is 9.64. The molecule has 7 aromatic carbocycles. The van der Waals surface area contributed by atoms with Gasteiger partial charge in [-0.15, -0.1) is 0 Å². The van der Waals surface area contributed by atoms with Crippen LogP contribution in [0.15, 0.2) is 127 Å². The molecule has 0 fully saturated rings. The van der Waals surface area contributed by atoms with Gasteiger partial charge in [-0.2, -0.15) is 0 Å². The molecule has 1 heterocycles. The summed E-state index contributed by atoms with van der Waals surface area (Å²) in [5.74, 6) is 0. The Morgan fingerprint density at radius 1 is 0.511 bits per heavy atom. The lowest BCUT2D eigenvalue weighted by molar-refractivity contribution is 0.590. The maximum absolute atomic E-state index is 7.52. The fourth-order valence-electron chi connectivity index (χ4n) is 7.20. The summed E-state index contributed by atoms with van der Waals surface area (Å²) < 4.78 is 2.33. The van der Waals surface area contributed by atoms with E-state index in [0.717, 1.165) is 22.1 Å². The van der Waals surface area contributed by atoms with Crippen LogP contribution in [0.25, 0.3) is 87.3 Å². The molecule has 0 radical (unpaired) electrons. The van der Waals surface area contributed by atoms with Crippen molar-refractivity contribution in [3.05, 3.63) is 144 Å². The van der Waals surface area contributed by atoms with Crippen LogP contribution in [0, 0.1) is 6.57 Å². The molecule has 0 saturated carbocycles. The minimum atomic E-state index is 0.148. The van der Waals surface area contributed by atoms with Gasteiger partial charge >= 0.3 is 0 Å². The lowest BCUT2D eigenvalue weighted by Gasteiger charge is -2.26. The minimum Gasteiger partial charge on any atom is -0.309 e. The molecule has 1 aliphatic rings. The monoisotopic (exact) mass is 574 g/mol. The molecule has 9 rings (SSSR count). The smallest absolute Gasteiger partial charge is 0.188 e. The Morgan fingerprint density at radius 3 is 1.80 bits per heavy atom. The fraction of sp³-hybridized carbons (Fsp3) is 0.0930. The lowest BCUT2D eigenvalue weighted by atomic mass is 9.77.